The van der Waals surface area contributed by atoms with Gasteiger partial charge in [-0.15, -0.1) is 0 Å². The molecule has 1 fully saturated rings. The molecule has 23 heavy (non-hydrogen) atoms. The van der Waals surface area contributed by atoms with E-state index in [9.17, 15) is 4.39 Å². The standard InChI is InChI=1S/C17H22FN5/c1-19-16(20-11-13-7-10-22-23(13)2)21-12-17(8-9-17)14-5-3-4-6-15(14)18/h3-7,10H,8-9,11-12H2,1-2H3,(H2,19,20,21). The summed E-state index contributed by atoms with van der Waals surface area (Å²) in [5.41, 5.74) is 1.77. The van der Waals surface area contributed by atoms with Crippen molar-refractivity contribution in [2.45, 2.75) is 24.8 Å². The summed E-state index contributed by atoms with van der Waals surface area (Å²) in [6.07, 6.45) is 3.77. The number of guanidine groups is 1. The minimum atomic E-state index is -0.121. The maximum absolute atomic E-state index is 14.0. The summed E-state index contributed by atoms with van der Waals surface area (Å²) < 4.78 is 15.8. The van der Waals surface area contributed by atoms with Crippen LogP contribution in [0.1, 0.15) is 24.1 Å². The lowest BCUT2D eigenvalue weighted by atomic mass is 9.95. The van der Waals surface area contributed by atoms with Gasteiger partial charge in [-0.2, -0.15) is 5.10 Å². The Morgan fingerprint density at radius 2 is 2.09 bits per heavy atom. The second kappa shape index (κ2) is 6.40. The first-order chi connectivity index (χ1) is 11.1. The molecular formula is C17H22FN5. The van der Waals surface area contributed by atoms with Crippen molar-refractivity contribution in [2.24, 2.45) is 12.0 Å². The van der Waals surface area contributed by atoms with Gasteiger partial charge in [0.2, 0.25) is 0 Å². The molecule has 1 aromatic heterocycles. The van der Waals surface area contributed by atoms with Gasteiger partial charge >= 0.3 is 0 Å². The average molecular weight is 315 g/mol. The molecule has 122 valence electrons. The Morgan fingerprint density at radius 1 is 1.30 bits per heavy atom. The van der Waals surface area contributed by atoms with Gasteiger partial charge in [0.25, 0.3) is 0 Å². The summed E-state index contributed by atoms with van der Waals surface area (Å²) in [5, 5.41) is 10.7. The van der Waals surface area contributed by atoms with Gasteiger partial charge in [-0.3, -0.25) is 9.67 Å². The fourth-order valence-corrected chi connectivity index (χ4v) is 2.81. The largest absolute Gasteiger partial charge is 0.356 e. The molecule has 3 rings (SSSR count). The molecule has 1 saturated carbocycles. The van der Waals surface area contributed by atoms with Crippen LogP contribution in [-0.4, -0.2) is 29.3 Å². The summed E-state index contributed by atoms with van der Waals surface area (Å²) >= 11 is 0. The lowest BCUT2D eigenvalue weighted by Gasteiger charge is -2.19. The third-order valence-corrected chi connectivity index (χ3v) is 4.48. The molecule has 1 aliphatic carbocycles. The van der Waals surface area contributed by atoms with Crippen molar-refractivity contribution < 1.29 is 4.39 Å². The summed E-state index contributed by atoms with van der Waals surface area (Å²) in [6.45, 7) is 1.32. The van der Waals surface area contributed by atoms with Gasteiger partial charge in [-0.05, 0) is 30.5 Å². The topological polar surface area (TPSA) is 54.2 Å². The zero-order chi connectivity index (χ0) is 16.3. The van der Waals surface area contributed by atoms with E-state index in [0.717, 1.165) is 24.1 Å². The number of aliphatic imine (C=N–C) groups is 1. The van der Waals surface area contributed by atoms with Crippen LogP contribution in [0.25, 0.3) is 0 Å². The number of hydrogen-bond donors (Lipinski definition) is 2. The minimum absolute atomic E-state index is 0.102. The molecule has 2 N–H and O–H groups in total. The van der Waals surface area contributed by atoms with E-state index in [1.165, 1.54) is 6.07 Å². The molecule has 6 heteroatoms. The number of rotatable bonds is 5. The van der Waals surface area contributed by atoms with Crippen LogP contribution in [0.15, 0.2) is 41.5 Å². The van der Waals surface area contributed by atoms with Crippen LogP contribution >= 0.6 is 0 Å². The van der Waals surface area contributed by atoms with E-state index in [2.05, 4.69) is 20.7 Å². The molecule has 1 heterocycles. The fourth-order valence-electron chi connectivity index (χ4n) is 2.81. The zero-order valence-electron chi connectivity index (χ0n) is 13.5. The van der Waals surface area contributed by atoms with Crippen molar-refractivity contribution in [2.75, 3.05) is 13.6 Å². The quantitative estimate of drug-likeness (QED) is 0.655. The first-order valence-corrected chi connectivity index (χ1v) is 7.81. The highest BCUT2D eigenvalue weighted by atomic mass is 19.1. The third-order valence-electron chi connectivity index (χ3n) is 4.48. The SMILES string of the molecule is CN=C(NCc1ccnn1C)NCC1(c2ccccc2F)CC1. The zero-order valence-corrected chi connectivity index (χ0v) is 13.5. The van der Waals surface area contributed by atoms with Gasteiger partial charge in [0.1, 0.15) is 5.82 Å². The van der Waals surface area contributed by atoms with Gasteiger partial charge in [0, 0.05) is 32.3 Å². The average Bonchev–Trinajstić information content (AvgIpc) is 3.23. The molecule has 0 amide bonds. The molecule has 5 nitrogen and oxygen atoms in total. The van der Waals surface area contributed by atoms with Crippen molar-refractivity contribution in [3.05, 3.63) is 53.6 Å². The van der Waals surface area contributed by atoms with Gasteiger partial charge in [-0.25, -0.2) is 4.39 Å². The number of aryl methyl sites for hydroxylation is 1. The van der Waals surface area contributed by atoms with Crippen LogP contribution in [0, 0.1) is 5.82 Å². The summed E-state index contributed by atoms with van der Waals surface area (Å²) in [5.74, 6) is 0.596. The number of aromatic nitrogens is 2. The van der Waals surface area contributed by atoms with E-state index in [4.69, 9.17) is 0 Å². The van der Waals surface area contributed by atoms with Crippen molar-refractivity contribution in [3.8, 4) is 0 Å². The smallest absolute Gasteiger partial charge is 0.191 e. The third kappa shape index (κ3) is 3.36. The van der Waals surface area contributed by atoms with E-state index in [0.29, 0.717) is 19.0 Å². The Bertz CT molecular complexity index is 703. The van der Waals surface area contributed by atoms with Gasteiger partial charge in [-0.1, -0.05) is 18.2 Å². The van der Waals surface area contributed by atoms with E-state index >= 15 is 0 Å². The van der Waals surface area contributed by atoms with Crippen molar-refractivity contribution >= 4 is 5.96 Å². The van der Waals surface area contributed by atoms with Crippen molar-refractivity contribution in [1.29, 1.82) is 0 Å². The van der Waals surface area contributed by atoms with Crippen molar-refractivity contribution in [3.63, 3.8) is 0 Å². The van der Waals surface area contributed by atoms with Gasteiger partial charge < -0.3 is 10.6 Å². The Morgan fingerprint density at radius 3 is 2.70 bits per heavy atom. The highest BCUT2D eigenvalue weighted by Crippen LogP contribution is 2.48. The molecule has 0 bridgehead atoms. The highest BCUT2D eigenvalue weighted by molar-refractivity contribution is 5.79. The maximum Gasteiger partial charge on any atom is 0.191 e. The molecule has 0 atom stereocenters. The maximum atomic E-state index is 14.0. The Kier molecular flexibility index (Phi) is 4.32. The molecule has 2 aromatic rings. The summed E-state index contributed by atoms with van der Waals surface area (Å²) in [7, 11) is 3.64. The Labute approximate surface area is 135 Å². The molecule has 0 saturated heterocycles. The number of nitrogens with zero attached hydrogens (tertiary/aromatic N) is 3. The Balaban J connectivity index is 1.58. The second-order valence-electron chi connectivity index (χ2n) is 5.99. The molecule has 1 aliphatic rings. The molecule has 0 radical (unpaired) electrons. The number of benzene rings is 1. The van der Waals surface area contributed by atoms with Crippen LogP contribution in [0.4, 0.5) is 4.39 Å². The van der Waals surface area contributed by atoms with Crippen LogP contribution < -0.4 is 10.6 Å². The highest BCUT2D eigenvalue weighted by Gasteiger charge is 2.45. The summed E-state index contributed by atoms with van der Waals surface area (Å²) in [4.78, 5) is 4.24. The van der Waals surface area contributed by atoms with Crippen LogP contribution in [0.3, 0.4) is 0 Å². The predicted molar refractivity (Wildman–Crippen MR) is 88.7 cm³/mol. The van der Waals surface area contributed by atoms with E-state index in [1.807, 2.05) is 29.9 Å². The van der Waals surface area contributed by atoms with Gasteiger partial charge in [0.05, 0.1) is 12.2 Å². The first-order valence-electron chi connectivity index (χ1n) is 7.81. The number of halogens is 1. The van der Waals surface area contributed by atoms with Crippen LogP contribution in [0.2, 0.25) is 0 Å². The normalized spacial score (nSPS) is 16.2. The molecule has 0 spiro atoms. The molecule has 0 unspecified atom stereocenters. The second-order valence-corrected chi connectivity index (χ2v) is 5.99. The summed E-state index contributed by atoms with van der Waals surface area (Å²) in [6, 6.07) is 9.01. The predicted octanol–water partition coefficient (Wildman–Crippen LogP) is 1.96. The minimum Gasteiger partial charge on any atom is -0.356 e. The fraction of sp³-hybridized carbons (Fsp3) is 0.412. The molecule has 1 aromatic carbocycles. The first kappa shape index (κ1) is 15.5. The number of hydrogen-bond acceptors (Lipinski definition) is 2. The number of nitrogens with one attached hydrogen (secondary N) is 2. The van der Waals surface area contributed by atoms with E-state index < -0.39 is 0 Å². The monoisotopic (exact) mass is 315 g/mol. The van der Waals surface area contributed by atoms with E-state index in [1.54, 1.807) is 19.3 Å². The molecule has 0 aliphatic heterocycles. The Hall–Kier alpha value is -2.37. The van der Waals surface area contributed by atoms with Gasteiger partial charge in [0.15, 0.2) is 5.96 Å². The lowest BCUT2D eigenvalue weighted by molar-refractivity contribution is 0.559. The van der Waals surface area contributed by atoms with Crippen LogP contribution in [0.5, 0.6) is 0 Å². The molecular weight excluding hydrogens is 293 g/mol. The van der Waals surface area contributed by atoms with Crippen molar-refractivity contribution in [1.82, 2.24) is 20.4 Å². The van der Waals surface area contributed by atoms with E-state index in [-0.39, 0.29) is 11.2 Å². The lowest BCUT2D eigenvalue weighted by Crippen LogP contribution is -2.41. The van der Waals surface area contributed by atoms with Crippen LogP contribution in [-0.2, 0) is 19.0 Å².